The molecule has 0 aliphatic rings. The van der Waals surface area contributed by atoms with E-state index in [1.165, 1.54) is 49.0 Å². The molecule has 0 unspecified atom stereocenters. The van der Waals surface area contributed by atoms with Crippen LogP contribution in [-0.4, -0.2) is 30.8 Å². The molecule has 0 saturated heterocycles. The highest BCUT2D eigenvalue weighted by molar-refractivity contribution is 7.79. The molecule has 0 aliphatic carbocycles. The van der Waals surface area contributed by atoms with Crippen molar-refractivity contribution in [2.75, 3.05) is 6.51 Å². The molecule has 3 aromatic heterocycles. The van der Waals surface area contributed by atoms with Gasteiger partial charge >= 0.3 is 0 Å². The molecular weight excluding hydrogens is 810 g/mol. The van der Waals surface area contributed by atoms with Crippen molar-refractivity contribution < 1.29 is 18.9 Å². The van der Waals surface area contributed by atoms with Crippen molar-refractivity contribution in [2.45, 2.75) is 0 Å². The van der Waals surface area contributed by atoms with E-state index in [4.69, 9.17) is 10.3 Å². The lowest BCUT2D eigenvalue weighted by Gasteiger charge is -2.18. The summed E-state index contributed by atoms with van der Waals surface area (Å²) < 4.78 is 17.6. The second kappa shape index (κ2) is 19.1. The van der Waals surface area contributed by atoms with E-state index in [2.05, 4.69) is 151 Å². The number of H-pyrrole nitrogens is 1. The molecule has 0 bridgehead atoms. The second-order valence-corrected chi connectivity index (χ2v) is 16.9. The van der Waals surface area contributed by atoms with Crippen LogP contribution in [0.5, 0.6) is 0 Å². The summed E-state index contributed by atoms with van der Waals surface area (Å²) in [6.45, 7) is -0.0139. The number of aromatic nitrogens is 1. The first kappa shape index (κ1) is 40.3. The highest BCUT2D eigenvalue weighted by Gasteiger charge is 2.19. The molecule has 308 valence electrons. The van der Waals surface area contributed by atoms with Crippen molar-refractivity contribution in [3.8, 4) is 11.1 Å². The van der Waals surface area contributed by atoms with E-state index in [1.807, 2.05) is 72.8 Å². The number of non-ortho nitro benzene ring substituents is 1. The Bertz CT molecular complexity index is 3320. The van der Waals surface area contributed by atoms with Gasteiger partial charge in [-0.25, -0.2) is 0 Å². The average Bonchev–Trinajstić information content (AvgIpc) is 4.07. The minimum atomic E-state index is -0.446. The summed E-state index contributed by atoms with van der Waals surface area (Å²) in [6, 6.07) is 73.5. The number of benzene rings is 9. The van der Waals surface area contributed by atoms with Crippen molar-refractivity contribution in [3.05, 3.63) is 229 Å². The molecule has 2 N–H and O–H groups in total. The van der Waals surface area contributed by atoms with Crippen LogP contribution in [0.15, 0.2) is 227 Å². The SMILES string of the molecule is O=[N+]([O-])c1cc(-c2ccccc2)c2c(c1)oc1ccccc12.[2H]OC[B].c1ccc(P(c2ccccc2)c2ccccc2)cc1.c1ccc2c(c1)[nH]c1ccc3oc4ccccc4c3c12. The topological polar surface area (TPSA) is 105 Å². The molecule has 0 aliphatic heterocycles. The van der Waals surface area contributed by atoms with Gasteiger partial charge in [-0.15, -0.1) is 0 Å². The number of nitro groups is 1. The third-order valence-electron chi connectivity index (χ3n) is 10.8. The largest absolute Gasteiger partial charge is 0.456 e. The molecule has 12 rings (SSSR count). The van der Waals surface area contributed by atoms with Crippen LogP contribution in [0.1, 0.15) is 0 Å². The molecule has 0 amide bonds. The van der Waals surface area contributed by atoms with Gasteiger partial charge in [-0.1, -0.05) is 176 Å². The number of furan rings is 2. The van der Waals surface area contributed by atoms with Gasteiger partial charge in [0.25, 0.3) is 5.69 Å². The van der Waals surface area contributed by atoms with Crippen molar-refractivity contribution in [3.63, 3.8) is 0 Å². The van der Waals surface area contributed by atoms with Crippen LogP contribution < -0.4 is 15.9 Å². The fourth-order valence-electron chi connectivity index (χ4n) is 8.12. The Morgan fingerprint density at radius 3 is 1.53 bits per heavy atom. The Hall–Kier alpha value is -7.77. The van der Waals surface area contributed by atoms with E-state index < -0.39 is 7.92 Å². The quantitative estimate of drug-likeness (QED) is 0.0750. The number of nitrogens with one attached hydrogen (secondary N) is 1. The standard InChI is InChI=1S/C18H11NO3.C18H11NO.C18H15P.CH3BO/c20-19(21)13-10-15(12-6-2-1-3-7-12)18-14-8-4-5-9-16(14)22-17(18)11-13;1-3-7-13-11(5-1)17-14(19-13)9-10-16-18(17)12-6-2-4-8-15(12)20-16;1-4-10-16(11-5-1)19(17-12-6-2-7-13-17)18-14-8-3-9-15-18;2-1-3/h1-11H;1-10,19H;1-15H;3H,1H2/i;;;3D. The summed E-state index contributed by atoms with van der Waals surface area (Å²) in [5.74, 6) is 0. The molecule has 0 atom stereocenters. The number of aliphatic hydroxyl groups is 1. The Morgan fingerprint density at radius 2 is 0.984 bits per heavy atom. The first-order valence-corrected chi connectivity index (χ1v) is 22.1. The summed E-state index contributed by atoms with van der Waals surface area (Å²) in [5, 5.41) is 25.7. The van der Waals surface area contributed by atoms with Gasteiger partial charge in [-0.3, -0.25) is 10.1 Å². The number of aliphatic hydroxyl groups excluding tert-OH is 1. The molecule has 0 fully saturated rings. The number of para-hydroxylation sites is 3. The first-order valence-electron chi connectivity index (χ1n) is 21.1. The van der Waals surface area contributed by atoms with E-state index in [-0.39, 0.29) is 17.1 Å². The maximum absolute atomic E-state index is 11.2. The van der Waals surface area contributed by atoms with Crippen molar-refractivity contribution in [1.82, 2.24) is 4.98 Å². The third-order valence-corrected chi connectivity index (χ3v) is 13.3. The second-order valence-electron chi connectivity index (χ2n) is 14.7. The number of nitro benzene ring substituents is 1. The van der Waals surface area contributed by atoms with Gasteiger partial charge in [0.1, 0.15) is 30.2 Å². The number of hydrogen-bond donors (Lipinski definition) is 2. The molecule has 64 heavy (non-hydrogen) atoms. The number of rotatable bonds is 6. The van der Waals surface area contributed by atoms with Crippen molar-refractivity contribution in [2.24, 2.45) is 0 Å². The zero-order valence-corrected chi connectivity index (χ0v) is 35.4. The Labute approximate surface area is 373 Å². The molecule has 2 radical (unpaired) electrons. The van der Waals surface area contributed by atoms with Crippen molar-refractivity contribution >= 4 is 103 Å². The van der Waals surface area contributed by atoms with Gasteiger partial charge in [-0.2, -0.15) is 0 Å². The van der Waals surface area contributed by atoms with E-state index in [9.17, 15) is 10.1 Å². The Kier molecular flexibility index (Phi) is 12.0. The predicted octanol–water partition coefficient (Wildman–Crippen LogP) is 12.9. The highest BCUT2D eigenvalue weighted by atomic mass is 31.1. The number of aromatic amines is 1. The predicted molar refractivity (Wildman–Crippen MR) is 267 cm³/mol. The van der Waals surface area contributed by atoms with Crippen LogP contribution in [0, 0.1) is 10.1 Å². The highest BCUT2D eigenvalue weighted by Crippen LogP contribution is 2.40. The van der Waals surface area contributed by atoms with Crippen LogP contribution in [0.3, 0.4) is 0 Å². The zero-order chi connectivity index (χ0) is 44.5. The van der Waals surface area contributed by atoms with Crippen LogP contribution >= 0.6 is 7.92 Å². The third kappa shape index (κ3) is 8.53. The van der Waals surface area contributed by atoms with E-state index in [0.29, 0.717) is 5.58 Å². The number of nitrogens with zero attached hydrogens (tertiary/aromatic N) is 1. The molecule has 9 heteroatoms. The fourth-order valence-corrected chi connectivity index (χ4v) is 10.4. The summed E-state index contributed by atoms with van der Waals surface area (Å²) in [6.07, 6.45) is 0. The average molecular weight is 852 g/mol. The first-order chi connectivity index (χ1) is 32.0. The van der Waals surface area contributed by atoms with Gasteiger partial charge < -0.3 is 18.9 Å². The fraction of sp³-hybridized carbons (Fsp3) is 0.0182. The Balaban J connectivity index is 0.000000118. The summed E-state index contributed by atoms with van der Waals surface area (Å²) >= 11 is 0. The number of fused-ring (bicyclic) bond motifs is 10. The molecule has 3 heterocycles. The maximum Gasteiger partial charge on any atom is 0.273 e. The lowest BCUT2D eigenvalue weighted by Crippen LogP contribution is -2.20. The van der Waals surface area contributed by atoms with Gasteiger partial charge in [-0.05, 0) is 59.7 Å². The van der Waals surface area contributed by atoms with Crippen LogP contribution in [-0.2, 0) is 0 Å². The normalized spacial score (nSPS) is 11.2. The summed E-state index contributed by atoms with van der Waals surface area (Å²) in [4.78, 5) is 14.3. The lowest BCUT2D eigenvalue weighted by atomic mass is 9.99. The molecule has 0 saturated carbocycles. The number of hydrogen-bond acceptors (Lipinski definition) is 5. The van der Waals surface area contributed by atoms with Gasteiger partial charge in [0, 0.05) is 61.5 Å². The monoisotopic (exact) mass is 851 g/mol. The van der Waals surface area contributed by atoms with Gasteiger partial charge in [0.05, 0.1) is 11.0 Å². The summed E-state index contributed by atoms with van der Waals surface area (Å²) in [5.41, 5.74) is 7.27. The van der Waals surface area contributed by atoms with Crippen LogP contribution in [0.2, 0.25) is 0 Å². The maximum atomic E-state index is 11.2. The Morgan fingerprint density at radius 1 is 0.516 bits per heavy atom. The smallest absolute Gasteiger partial charge is 0.273 e. The van der Waals surface area contributed by atoms with E-state index >= 15 is 0 Å². The molecule has 7 nitrogen and oxygen atoms in total. The molecular formula is C55H40BN2O5P. The minimum Gasteiger partial charge on any atom is -0.456 e. The van der Waals surface area contributed by atoms with Crippen LogP contribution in [0.4, 0.5) is 5.69 Å². The molecule has 12 aromatic rings. The van der Waals surface area contributed by atoms with E-state index in [0.717, 1.165) is 44.2 Å². The zero-order valence-electron chi connectivity index (χ0n) is 35.5. The minimum absolute atomic E-state index is 0.0139. The molecule has 0 spiro atoms. The van der Waals surface area contributed by atoms with Gasteiger partial charge in [0.2, 0.25) is 1.43 Å². The lowest BCUT2D eigenvalue weighted by molar-refractivity contribution is -0.384. The molecule has 9 aromatic carbocycles. The van der Waals surface area contributed by atoms with Crippen molar-refractivity contribution in [1.29, 1.82) is 1.43 Å². The summed E-state index contributed by atoms with van der Waals surface area (Å²) in [7, 11) is 4.17. The van der Waals surface area contributed by atoms with Gasteiger partial charge in [0.15, 0.2) is 0 Å². The van der Waals surface area contributed by atoms with E-state index in [1.54, 1.807) is 6.07 Å². The van der Waals surface area contributed by atoms with Crippen LogP contribution in [0.25, 0.3) is 76.8 Å².